The molecule has 8 aromatic carbocycles. The molecule has 1 aliphatic rings. The molecule has 6 N–H and O–H groups in total. The smallest absolute Gasteiger partial charge is 0.164 e. The molecule has 7 nitrogen and oxygen atoms in total. The average Bonchev–Trinajstić information content (AvgIpc) is 3.72. The molecule has 0 saturated carbocycles. The van der Waals surface area contributed by atoms with Crippen LogP contribution in [0.4, 0.5) is 22.7 Å². The summed E-state index contributed by atoms with van der Waals surface area (Å²) in [6.07, 6.45) is 11.2. The van der Waals surface area contributed by atoms with Gasteiger partial charge in [0.15, 0.2) is 17.5 Å². The fraction of sp³-hybridized carbons (Fsp3) is 0.0806. The van der Waals surface area contributed by atoms with Crippen LogP contribution in [0.5, 0.6) is 0 Å². The van der Waals surface area contributed by atoms with Gasteiger partial charge in [0.25, 0.3) is 0 Å². The second kappa shape index (κ2) is 20.8. The molecule has 0 radical (unpaired) electrons. The quantitative estimate of drug-likeness (QED) is 0.0956. The van der Waals surface area contributed by atoms with E-state index in [-0.39, 0.29) is 0 Å². The highest BCUT2D eigenvalue weighted by Crippen LogP contribution is 2.37. The molecule has 0 unspecified atom stereocenters. The van der Waals surface area contributed by atoms with Crippen molar-refractivity contribution >= 4 is 28.3 Å². The first-order valence-electron chi connectivity index (χ1n) is 23.5. The summed E-state index contributed by atoms with van der Waals surface area (Å²) < 4.78 is 0. The Morgan fingerprint density at radius 3 is 1.10 bits per heavy atom. The molecule has 0 saturated heterocycles. The molecule has 0 amide bonds. The number of hydrogen-bond acceptors (Lipinski definition) is 7. The summed E-state index contributed by atoms with van der Waals surface area (Å²) in [6, 6.07) is 63.4. The van der Waals surface area contributed by atoms with Crippen LogP contribution in [0.25, 0.3) is 95.1 Å². The summed E-state index contributed by atoms with van der Waals surface area (Å²) in [4.78, 5) is 15.5. The highest BCUT2D eigenvalue weighted by Gasteiger charge is 2.16. The highest BCUT2D eigenvalue weighted by molar-refractivity contribution is 5.86. The molecule has 0 atom stereocenters. The Bertz CT molecular complexity index is 3200. The third kappa shape index (κ3) is 10.1. The van der Waals surface area contributed by atoms with Crippen molar-refractivity contribution in [3.05, 3.63) is 218 Å². The van der Waals surface area contributed by atoms with Gasteiger partial charge >= 0.3 is 0 Å². The van der Waals surface area contributed by atoms with E-state index in [1.54, 1.807) is 0 Å². The van der Waals surface area contributed by atoms with Crippen molar-refractivity contribution < 1.29 is 0 Å². The van der Waals surface area contributed by atoms with E-state index in [0.717, 1.165) is 113 Å². The van der Waals surface area contributed by atoms with Crippen LogP contribution in [-0.2, 0) is 0 Å². The van der Waals surface area contributed by atoms with E-state index < -0.39 is 0 Å². The first kappa shape index (κ1) is 45.4. The lowest BCUT2D eigenvalue weighted by atomic mass is 9.95. The predicted octanol–water partition coefficient (Wildman–Crippen LogP) is 15.4. The minimum Gasteiger partial charge on any atom is -0.399 e. The van der Waals surface area contributed by atoms with Crippen LogP contribution >= 0.6 is 0 Å². The van der Waals surface area contributed by atoms with Crippen LogP contribution < -0.4 is 22.1 Å². The van der Waals surface area contributed by atoms with Gasteiger partial charge < -0.3 is 22.1 Å². The molecular formula is C62H55N7. The summed E-state index contributed by atoms with van der Waals surface area (Å²) in [5.74, 6) is 1.84. The largest absolute Gasteiger partial charge is 0.399 e. The van der Waals surface area contributed by atoms with E-state index in [0.29, 0.717) is 17.5 Å². The van der Waals surface area contributed by atoms with Gasteiger partial charge in [0, 0.05) is 64.7 Å². The molecule has 1 aliphatic carbocycles. The summed E-state index contributed by atoms with van der Waals surface area (Å²) in [6.45, 7) is 4.00. The maximum Gasteiger partial charge on any atom is 0.164 e. The van der Waals surface area contributed by atoms with E-state index in [9.17, 15) is 0 Å². The molecule has 10 rings (SSSR count). The molecule has 1 aromatic heterocycles. The lowest BCUT2D eigenvalue weighted by molar-refractivity contribution is 1.04. The van der Waals surface area contributed by atoms with E-state index in [2.05, 4.69) is 181 Å². The Hall–Kier alpha value is -8.81. The second-order valence-electron chi connectivity index (χ2n) is 16.6. The molecule has 0 fully saturated rings. The zero-order valence-electron chi connectivity index (χ0n) is 39.4. The van der Waals surface area contributed by atoms with Gasteiger partial charge in [0.05, 0.1) is 0 Å². The summed E-state index contributed by atoms with van der Waals surface area (Å²) in [5, 5.41) is 6.62. The monoisotopic (exact) mass is 897 g/mol. The molecule has 69 heavy (non-hydrogen) atoms. The van der Waals surface area contributed by atoms with Gasteiger partial charge in [-0.15, -0.1) is 0 Å². The maximum atomic E-state index is 6.22. The van der Waals surface area contributed by atoms with E-state index in [4.69, 9.17) is 26.4 Å². The molecule has 338 valence electrons. The Labute approximate surface area is 405 Å². The molecule has 0 spiro atoms. The van der Waals surface area contributed by atoms with Crippen molar-refractivity contribution in [3.63, 3.8) is 0 Å². The maximum absolute atomic E-state index is 6.22. The Balaban J connectivity index is 0.00000293. The van der Waals surface area contributed by atoms with Gasteiger partial charge in [-0.3, -0.25) is 0 Å². The fourth-order valence-electron chi connectivity index (χ4n) is 8.71. The van der Waals surface area contributed by atoms with Gasteiger partial charge in [0.1, 0.15) is 0 Å². The number of nitrogens with two attached hydrogens (primary N) is 2. The van der Waals surface area contributed by atoms with Crippen molar-refractivity contribution in [2.75, 3.05) is 36.2 Å². The van der Waals surface area contributed by atoms with Crippen LogP contribution in [-0.4, -0.2) is 29.0 Å². The molecule has 9 aromatic rings. The molecule has 0 bridgehead atoms. The average molecular weight is 898 g/mol. The lowest BCUT2D eigenvalue weighted by Crippen LogP contribution is -2.02. The molecule has 1 heterocycles. The van der Waals surface area contributed by atoms with Crippen molar-refractivity contribution in [2.24, 2.45) is 0 Å². The van der Waals surface area contributed by atoms with Gasteiger partial charge in [0.2, 0.25) is 0 Å². The van der Waals surface area contributed by atoms with Crippen LogP contribution in [0, 0.1) is 0 Å². The SMILES string of the molecule is CC.CNc1ccc(N)cc1-c1cccc(-c2cccc(-c3cccc(-c4nc(C5=CCC=CC=C5)nc(-c5cccc(-c6cccc(-c7cccc(-c8cc(N)ccc8NC)c7)c6)c5)n4)c3)c2)c1. The van der Waals surface area contributed by atoms with Crippen LogP contribution in [0.3, 0.4) is 0 Å². The van der Waals surface area contributed by atoms with Crippen molar-refractivity contribution in [1.82, 2.24) is 15.0 Å². The highest BCUT2D eigenvalue weighted by atomic mass is 15.0. The van der Waals surface area contributed by atoms with E-state index in [1.807, 2.05) is 70.4 Å². The molecule has 7 heteroatoms. The number of aromatic nitrogens is 3. The zero-order chi connectivity index (χ0) is 47.7. The number of anilines is 4. The molecule has 0 aliphatic heterocycles. The fourth-order valence-corrected chi connectivity index (χ4v) is 8.71. The Morgan fingerprint density at radius 2 is 0.710 bits per heavy atom. The minimum absolute atomic E-state index is 0.605. The van der Waals surface area contributed by atoms with Gasteiger partial charge in [-0.2, -0.15) is 0 Å². The van der Waals surface area contributed by atoms with E-state index in [1.165, 1.54) is 0 Å². The van der Waals surface area contributed by atoms with Crippen molar-refractivity contribution in [2.45, 2.75) is 20.3 Å². The summed E-state index contributed by atoms with van der Waals surface area (Å²) in [5.41, 5.74) is 31.8. The first-order chi connectivity index (χ1) is 33.9. The minimum atomic E-state index is 0.605. The molecular weight excluding hydrogens is 843 g/mol. The zero-order valence-corrected chi connectivity index (χ0v) is 39.4. The van der Waals surface area contributed by atoms with E-state index >= 15 is 0 Å². The number of allylic oxidation sites excluding steroid dienone is 6. The topological polar surface area (TPSA) is 115 Å². The standard InChI is InChI=1S/C60H49N7.C2H6/c1-63-56-29-27-52(61)37-54(56)48-23-9-19-44(33-48)40-15-7-17-42(31-40)46-21-11-25-50(35-46)59-65-58(39-13-5-3-4-6-14-39)66-60(67-59)51-26-12-22-47(36-51)43-18-8-16-41(32-43)45-20-10-24-49(34-45)55-38-53(62)28-30-57(55)64-2;1-2/h3-5,7-38,63-64H,6,61-62H2,1-2H3;1-2H3. The number of nitrogens with zero attached hydrogens (tertiary/aromatic N) is 3. The lowest BCUT2D eigenvalue weighted by Gasteiger charge is -2.13. The number of hydrogen-bond donors (Lipinski definition) is 4. The third-order valence-corrected chi connectivity index (χ3v) is 12.2. The van der Waals surface area contributed by atoms with Gasteiger partial charge in [-0.25, -0.2) is 15.0 Å². The number of nitrogens with one attached hydrogen (secondary N) is 2. The number of nitrogen functional groups attached to an aromatic ring is 2. The van der Waals surface area contributed by atoms with Gasteiger partial charge in [-0.05, 0) is 135 Å². The first-order valence-corrected chi connectivity index (χ1v) is 23.5. The van der Waals surface area contributed by atoms with Gasteiger partial charge in [-0.1, -0.05) is 153 Å². The summed E-state index contributed by atoms with van der Waals surface area (Å²) >= 11 is 0. The number of rotatable bonds is 11. The van der Waals surface area contributed by atoms with Crippen LogP contribution in [0.1, 0.15) is 26.1 Å². The van der Waals surface area contributed by atoms with Crippen molar-refractivity contribution in [3.8, 4) is 89.5 Å². The van der Waals surface area contributed by atoms with Crippen LogP contribution in [0.15, 0.2) is 212 Å². The summed E-state index contributed by atoms with van der Waals surface area (Å²) in [7, 11) is 3.86. The normalized spacial score (nSPS) is 11.8. The Kier molecular flexibility index (Phi) is 13.7. The Morgan fingerprint density at radius 1 is 0.377 bits per heavy atom. The predicted molar refractivity (Wildman–Crippen MR) is 293 cm³/mol. The van der Waals surface area contributed by atoms with Crippen LogP contribution in [0.2, 0.25) is 0 Å². The third-order valence-electron chi connectivity index (χ3n) is 12.2. The van der Waals surface area contributed by atoms with Crippen molar-refractivity contribution in [1.29, 1.82) is 0 Å². The number of benzene rings is 8. The second-order valence-corrected chi connectivity index (χ2v) is 16.6.